The average Bonchev–Trinajstić information content (AvgIpc) is 2.08. The normalized spacial score (nSPS) is 13.7. The van der Waals surface area contributed by atoms with E-state index in [2.05, 4.69) is 28.7 Å². The van der Waals surface area contributed by atoms with E-state index < -0.39 is 10.0 Å². The molecular formula is C6H12N2S. The SMILES string of the molecule is CS(C)(C)c1ncc[nH]1. The molecule has 0 amide bonds. The van der Waals surface area contributed by atoms with Gasteiger partial charge in [0.15, 0.2) is 0 Å². The minimum atomic E-state index is -0.626. The van der Waals surface area contributed by atoms with Gasteiger partial charge < -0.3 is 4.98 Å². The van der Waals surface area contributed by atoms with Gasteiger partial charge in [-0.25, -0.2) is 4.98 Å². The summed E-state index contributed by atoms with van der Waals surface area (Å²) in [4.78, 5) is 7.27. The van der Waals surface area contributed by atoms with Gasteiger partial charge in [-0.15, -0.1) is 0 Å². The lowest BCUT2D eigenvalue weighted by Gasteiger charge is -2.20. The van der Waals surface area contributed by atoms with Crippen LogP contribution < -0.4 is 0 Å². The Bertz CT molecular complexity index is 173. The third kappa shape index (κ3) is 1.48. The summed E-state index contributed by atoms with van der Waals surface area (Å²) in [6.07, 6.45) is 10.3. The van der Waals surface area contributed by atoms with Gasteiger partial charge >= 0.3 is 0 Å². The van der Waals surface area contributed by atoms with Gasteiger partial charge in [0.05, 0.1) is 0 Å². The first-order chi connectivity index (χ1) is 4.11. The highest BCUT2D eigenvalue weighted by Crippen LogP contribution is 2.41. The van der Waals surface area contributed by atoms with Gasteiger partial charge in [-0.1, -0.05) is 0 Å². The van der Waals surface area contributed by atoms with Crippen molar-refractivity contribution in [3.05, 3.63) is 12.4 Å². The lowest BCUT2D eigenvalue weighted by atomic mass is 11.0. The lowest BCUT2D eigenvalue weighted by molar-refractivity contribution is 1.05. The molecule has 0 fully saturated rings. The molecule has 0 bridgehead atoms. The average molecular weight is 144 g/mol. The second-order valence-corrected chi connectivity index (χ2v) is 6.79. The quantitative estimate of drug-likeness (QED) is 0.635. The second-order valence-electron chi connectivity index (χ2n) is 2.73. The first-order valence-corrected chi connectivity index (χ1v) is 5.64. The Kier molecular flexibility index (Phi) is 1.53. The molecule has 0 aliphatic carbocycles. The van der Waals surface area contributed by atoms with Crippen molar-refractivity contribution in [3.8, 4) is 0 Å². The lowest BCUT2D eigenvalue weighted by Crippen LogP contribution is -1.94. The van der Waals surface area contributed by atoms with Gasteiger partial charge in [0.2, 0.25) is 0 Å². The van der Waals surface area contributed by atoms with Crippen LogP contribution in [0.1, 0.15) is 0 Å². The summed E-state index contributed by atoms with van der Waals surface area (Å²) in [5.41, 5.74) is 0. The summed E-state index contributed by atoms with van der Waals surface area (Å²) in [6, 6.07) is 0. The summed E-state index contributed by atoms with van der Waals surface area (Å²) in [6.45, 7) is 0. The fraction of sp³-hybridized carbons (Fsp3) is 0.500. The summed E-state index contributed by atoms with van der Waals surface area (Å²) in [5, 5.41) is 1.13. The predicted octanol–water partition coefficient (Wildman–Crippen LogP) is 1.46. The Balaban J connectivity index is 2.90. The zero-order valence-electron chi connectivity index (χ0n) is 6.01. The molecule has 3 heteroatoms. The summed E-state index contributed by atoms with van der Waals surface area (Å²) in [7, 11) is -0.626. The number of H-pyrrole nitrogens is 1. The van der Waals surface area contributed by atoms with E-state index in [1.165, 1.54) is 0 Å². The van der Waals surface area contributed by atoms with Crippen LogP contribution in [0.5, 0.6) is 0 Å². The van der Waals surface area contributed by atoms with E-state index in [-0.39, 0.29) is 0 Å². The standard InChI is InChI=1S/C6H12N2S/c1-9(2,3)6-7-4-5-8-6/h4-5H,1-3H3,(H,7,8). The molecule has 9 heavy (non-hydrogen) atoms. The highest BCUT2D eigenvalue weighted by Gasteiger charge is 2.08. The van der Waals surface area contributed by atoms with Gasteiger partial charge in [-0.3, -0.25) is 0 Å². The Morgan fingerprint density at radius 3 is 2.33 bits per heavy atom. The molecule has 1 heterocycles. The van der Waals surface area contributed by atoms with Gasteiger partial charge in [0, 0.05) is 12.4 Å². The molecule has 0 atom stereocenters. The van der Waals surface area contributed by atoms with E-state index in [1.54, 1.807) is 6.20 Å². The van der Waals surface area contributed by atoms with Crippen molar-refractivity contribution in [2.75, 3.05) is 18.8 Å². The fourth-order valence-electron chi connectivity index (χ4n) is 0.586. The van der Waals surface area contributed by atoms with Gasteiger partial charge in [-0.05, 0) is 18.8 Å². The van der Waals surface area contributed by atoms with Crippen LogP contribution in [0, 0.1) is 0 Å². The van der Waals surface area contributed by atoms with E-state index in [4.69, 9.17) is 0 Å². The van der Waals surface area contributed by atoms with Crippen LogP contribution in [-0.4, -0.2) is 28.7 Å². The van der Waals surface area contributed by atoms with Crippen molar-refractivity contribution in [1.29, 1.82) is 0 Å². The van der Waals surface area contributed by atoms with Crippen molar-refractivity contribution < 1.29 is 0 Å². The Labute approximate surface area is 57.0 Å². The Morgan fingerprint density at radius 2 is 2.11 bits per heavy atom. The van der Waals surface area contributed by atoms with Crippen LogP contribution in [-0.2, 0) is 0 Å². The van der Waals surface area contributed by atoms with Crippen LogP contribution in [0.4, 0.5) is 0 Å². The highest BCUT2D eigenvalue weighted by atomic mass is 32.3. The number of hydrogen-bond donors (Lipinski definition) is 1. The molecule has 0 spiro atoms. The van der Waals surface area contributed by atoms with E-state index >= 15 is 0 Å². The van der Waals surface area contributed by atoms with Crippen LogP contribution in [0.15, 0.2) is 17.6 Å². The molecule has 52 valence electrons. The van der Waals surface area contributed by atoms with Crippen molar-refractivity contribution in [2.45, 2.75) is 5.16 Å². The third-order valence-electron chi connectivity index (χ3n) is 1.05. The smallest absolute Gasteiger partial charge is 0.147 e. The molecule has 0 aromatic carbocycles. The number of imidazole rings is 1. The molecule has 1 N–H and O–H groups in total. The van der Waals surface area contributed by atoms with Gasteiger partial charge in [0.25, 0.3) is 0 Å². The van der Waals surface area contributed by atoms with Crippen LogP contribution in [0.25, 0.3) is 0 Å². The van der Waals surface area contributed by atoms with E-state index in [9.17, 15) is 0 Å². The molecule has 2 nitrogen and oxygen atoms in total. The third-order valence-corrected chi connectivity index (χ3v) is 2.44. The van der Waals surface area contributed by atoms with E-state index in [1.807, 2.05) is 6.20 Å². The monoisotopic (exact) mass is 144 g/mol. The first kappa shape index (κ1) is 6.68. The minimum absolute atomic E-state index is 0.626. The van der Waals surface area contributed by atoms with Crippen molar-refractivity contribution in [3.63, 3.8) is 0 Å². The van der Waals surface area contributed by atoms with E-state index in [0.717, 1.165) is 5.16 Å². The first-order valence-electron chi connectivity index (χ1n) is 2.78. The van der Waals surface area contributed by atoms with Crippen LogP contribution in [0.3, 0.4) is 0 Å². The van der Waals surface area contributed by atoms with Gasteiger partial charge in [0.1, 0.15) is 5.16 Å². The Morgan fingerprint density at radius 1 is 1.44 bits per heavy atom. The molecule has 1 aromatic heterocycles. The topological polar surface area (TPSA) is 28.7 Å². The fourth-order valence-corrected chi connectivity index (χ4v) is 1.38. The maximum atomic E-state index is 4.17. The van der Waals surface area contributed by atoms with Gasteiger partial charge in [-0.2, -0.15) is 10.0 Å². The number of nitrogens with one attached hydrogen (secondary N) is 1. The predicted molar refractivity (Wildman–Crippen MR) is 42.2 cm³/mol. The summed E-state index contributed by atoms with van der Waals surface area (Å²) < 4.78 is 0. The molecule has 0 unspecified atom stereocenters. The minimum Gasteiger partial charge on any atom is -0.341 e. The maximum Gasteiger partial charge on any atom is 0.147 e. The van der Waals surface area contributed by atoms with Crippen LogP contribution >= 0.6 is 10.0 Å². The molecule has 0 aliphatic heterocycles. The zero-order valence-corrected chi connectivity index (χ0v) is 6.83. The number of nitrogens with zero attached hydrogens (tertiary/aromatic N) is 1. The molecule has 1 rings (SSSR count). The number of rotatable bonds is 1. The second kappa shape index (κ2) is 2.06. The molecule has 0 saturated heterocycles. The van der Waals surface area contributed by atoms with Crippen molar-refractivity contribution in [1.82, 2.24) is 9.97 Å². The molecule has 0 saturated carbocycles. The summed E-state index contributed by atoms with van der Waals surface area (Å²) in [5.74, 6) is 0. The van der Waals surface area contributed by atoms with Crippen molar-refractivity contribution in [2.24, 2.45) is 0 Å². The molecular weight excluding hydrogens is 132 g/mol. The summed E-state index contributed by atoms with van der Waals surface area (Å²) >= 11 is 0. The molecule has 0 aliphatic rings. The highest BCUT2D eigenvalue weighted by molar-refractivity contribution is 8.32. The zero-order chi connectivity index (χ0) is 6.91. The molecule has 1 aromatic rings. The maximum absolute atomic E-state index is 4.17. The molecule has 0 radical (unpaired) electrons. The Hall–Kier alpha value is -0.440. The van der Waals surface area contributed by atoms with E-state index in [0.29, 0.717) is 0 Å². The van der Waals surface area contributed by atoms with Crippen molar-refractivity contribution >= 4 is 10.0 Å². The number of aromatic nitrogens is 2. The number of aromatic amines is 1. The number of hydrogen-bond acceptors (Lipinski definition) is 1. The van der Waals surface area contributed by atoms with Crippen LogP contribution in [0.2, 0.25) is 0 Å². The largest absolute Gasteiger partial charge is 0.341 e.